The largest absolute Gasteiger partial charge is 0.444 e. The molecule has 37 heavy (non-hydrogen) atoms. The maximum atomic E-state index is 12.8. The van der Waals surface area contributed by atoms with Crippen LogP contribution in [0.15, 0.2) is 66.1 Å². The van der Waals surface area contributed by atoms with Gasteiger partial charge >= 0.3 is 6.09 Å². The van der Waals surface area contributed by atoms with Gasteiger partial charge < -0.3 is 14.8 Å². The SMILES string of the molecule is CC(C)(C)OC(=O)Nc1ccc(-c2cccs2)cc1NC(=O)C=Cc1ccc(CN2CCOCC2)cc1. The molecule has 1 aliphatic heterocycles. The number of benzene rings is 2. The fraction of sp³-hybridized carbons (Fsp3) is 0.310. The lowest BCUT2D eigenvalue weighted by molar-refractivity contribution is -0.111. The molecule has 2 N–H and O–H groups in total. The number of carbonyl (C=O) groups excluding carboxylic acids is 2. The summed E-state index contributed by atoms with van der Waals surface area (Å²) < 4.78 is 10.8. The number of amides is 2. The zero-order chi connectivity index (χ0) is 26.3. The fourth-order valence-electron chi connectivity index (χ4n) is 3.86. The molecule has 0 spiro atoms. The van der Waals surface area contributed by atoms with Crippen LogP contribution in [-0.2, 0) is 20.8 Å². The Hall–Kier alpha value is -3.46. The number of nitrogens with zero attached hydrogens (tertiary/aromatic N) is 1. The van der Waals surface area contributed by atoms with Crippen molar-refractivity contribution >= 4 is 40.8 Å². The van der Waals surface area contributed by atoms with E-state index in [0.29, 0.717) is 11.4 Å². The summed E-state index contributed by atoms with van der Waals surface area (Å²) in [7, 11) is 0. The van der Waals surface area contributed by atoms with Gasteiger partial charge in [0.15, 0.2) is 0 Å². The summed E-state index contributed by atoms with van der Waals surface area (Å²) >= 11 is 1.60. The van der Waals surface area contributed by atoms with E-state index in [4.69, 9.17) is 9.47 Å². The first kappa shape index (κ1) is 26.6. The van der Waals surface area contributed by atoms with E-state index in [9.17, 15) is 9.59 Å². The van der Waals surface area contributed by atoms with Crippen molar-refractivity contribution in [3.05, 3.63) is 77.2 Å². The average Bonchev–Trinajstić information content (AvgIpc) is 3.39. The Balaban J connectivity index is 1.44. The molecule has 4 rings (SSSR count). The number of rotatable bonds is 7. The summed E-state index contributed by atoms with van der Waals surface area (Å²) in [6.07, 6.45) is 2.68. The van der Waals surface area contributed by atoms with E-state index in [2.05, 4.69) is 27.7 Å². The van der Waals surface area contributed by atoms with Gasteiger partial charge in [0.1, 0.15) is 5.60 Å². The van der Waals surface area contributed by atoms with E-state index in [1.54, 1.807) is 44.3 Å². The minimum atomic E-state index is -0.634. The minimum absolute atomic E-state index is 0.298. The van der Waals surface area contributed by atoms with Crippen molar-refractivity contribution in [1.82, 2.24) is 4.90 Å². The molecule has 1 fully saturated rings. The van der Waals surface area contributed by atoms with Gasteiger partial charge in [-0.2, -0.15) is 0 Å². The summed E-state index contributed by atoms with van der Waals surface area (Å²) in [4.78, 5) is 28.6. The van der Waals surface area contributed by atoms with Crippen LogP contribution < -0.4 is 10.6 Å². The van der Waals surface area contributed by atoms with Crippen molar-refractivity contribution in [2.24, 2.45) is 0 Å². The molecule has 2 amide bonds. The minimum Gasteiger partial charge on any atom is -0.444 e. The lowest BCUT2D eigenvalue weighted by atomic mass is 10.1. The van der Waals surface area contributed by atoms with E-state index in [-0.39, 0.29) is 5.91 Å². The third kappa shape index (κ3) is 8.28. The molecular formula is C29H33N3O4S. The highest BCUT2D eigenvalue weighted by atomic mass is 32.1. The first-order valence-electron chi connectivity index (χ1n) is 12.3. The van der Waals surface area contributed by atoms with Crippen LogP contribution in [0.5, 0.6) is 0 Å². The summed E-state index contributed by atoms with van der Waals surface area (Å²) in [5.74, 6) is -0.298. The molecule has 0 bridgehead atoms. The van der Waals surface area contributed by atoms with Crippen molar-refractivity contribution < 1.29 is 19.1 Å². The lowest BCUT2D eigenvalue weighted by Crippen LogP contribution is -2.35. The molecule has 2 aromatic carbocycles. The van der Waals surface area contributed by atoms with Crippen LogP contribution in [0.4, 0.5) is 16.2 Å². The van der Waals surface area contributed by atoms with E-state index in [1.807, 2.05) is 41.8 Å². The van der Waals surface area contributed by atoms with Gasteiger partial charge in [0.05, 0.1) is 24.6 Å². The van der Waals surface area contributed by atoms with Crippen LogP contribution in [0, 0.1) is 0 Å². The quantitative estimate of drug-likeness (QED) is 0.361. The van der Waals surface area contributed by atoms with Crippen LogP contribution in [0.3, 0.4) is 0 Å². The molecule has 0 radical (unpaired) electrons. The lowest BCUT2D eigenvalue weighted by Gasteiger charge is -2.26. The van der Waals surface area contributed by atoms with Gasteiger partial charge in [0.2, 0.25) is 5.91 Å². The third-order valence-corrected chi connectivity index (χ3v) is 6.55. The number of carbonyl (C=O) groups is 2. The molecule has 194 valence electrons. The van der Waals surface area contributed by atoms with Gasteiger partial charge in [-0.1, -0.05) is 36.4 Å². The molecule has 8 heteroatoms. The topological polar surface area (TPSA) is 79.9 Å². The predicted molar refractivity (Wildman–Crippen MR) is 150 cm³/mol. The number of anilines is 2. The molecule has 3 aromatic rings. The van der Waals surface area contributed by atoms with Gasteiger partial charge in [-0.25, -0.2) is 4.79 Å². The zero-order valence-corrected chi connectivity index (χ0v) is 22.3. The Kier molecular flexibility index (Phi) is 8.76. The van der Waals surface area contributed by atoms with Crippen LogP contribution in [0.1, 0.15) is 31.9 Å². The molecule has 0 saturated carbocycles. The smallest absolute Gasteiger partial charge is 0.412 e. The number of morpholine rings is 1. The highest BCUT2D eigenvalue weighted by Crippen LogP contribution is 2.32. The highest BCUT2D eigenvalue weighted by molar-refractivity contribution is 7.13. The van der Waals surface area contributed by atoms with Crippen LogP contribution in [0.25, 0.3) is 16.5 Å². The molecule has 2 heterocycles. The van der Waals surface area contributed by atoms with E-state index >= 15 is 0 Å². The molecule has 1 aliphatic rings. The van der Waals surface area contributed by atoms with Crippen molar-refractivity contribution in [3.63, 3.8) is 0 Å². The molecular weight excluding hydrogens is 486 g/mol. The maximum absolute atomic E-state index is 12.8. The third-order valence-electron chi connectivity index (χ3n) is 5.64. The standard InChI is InChI=1S/C29H33N3O4S/c1-29(2,3)36-28(34)31-24-12-11-23(26-5-4-18-37-26)19-25(24)30-27(33)13-10-21-6-8-22(9-7-21)20-32-14-16-35-17-15-32/h4-13,18-19H,14-17,20H2,1-3H3,(H,30,33)(H,31,34). The predicted octanol–water partition coefficient (Wildman–Crippen LogP) is 6.25. The van der Waals surface area contributed by atoms with Gasteiger partial charge in [-0.15, -0.1) is 11.3 Å². The van der Waals surface area contributed by atoms with Gasteiger partial charge in [-0.05, 0) is 67.1 Å². The molecule has 0 aliphatic carbocycles. The maximum Gasteiger partial charge on any atom is 0.412 e. The Morgan fingerprint density at radius 3 is 2.46 bits per heavy atom. The van der Waals surface area contributed by atoms with Gasteiger partial charge in [0.25, 0.3) is 0 Å². The first-order chi connectivity index (χ1) is 17.7. The van der Waals surface area contributed by atoms with Gasteiger partial charge in [0, 0.05) is 30.6 Å². The summed E-state index contributed by atoms with van der Waals surface area (Å²) in [5.41, 5.74) is 3.42. The number of ether oxygens (including phenoxy) is 2. The first-order valence-corrected chi connectivity index (χ1v) is 13.2. The van der Waals surface area contributed by atoms with E-state index in [0.717, 1.165) is 48.9 Å². The Bertz CT molecular complexity index is 1230. The van der Waals surface area contributed by atoms with Crippen LogP contribution >= 0.6 is 11.3 Å². The Labute approximate surface area is 222 Å². The number of nitrogens with one attached hydrogen (secondary N) is 2. The van der Waals surface area contributed by atoms with Crippen LogP contribution in [0.2, 0.25) is 0 Å². The van der Waals surface area contributed by atoms with Gasteiger partial charge in [-0.3, -0.25) is 15.0 Å². The molecule has 0 atom stereocenters. The second-order valence-electron chi connectivity index (χ2n) is 9.82. The Morgan fingerprint density at radius 2 is 1.78 bits per heavy atom. The second-order valence-corrected chi connectivity index (χ2v) is 10.8. The number of hydrogen-bond donors (Lipinski definition) is 2. The van der Waals surface area contributed by atoms with Crippen molar-refractivity contribution in [3.8, 4) is 10.4 Å². The van der Waals surface area contributed by atoms with Crippen molar-refractivity contribution in [2.75, 3.05) is 36.9 Å². The summed E-state index contributed by atoms with van der Waals surface area (Å²) in [6.45, 7) is 9.74. The van der Waals surface area contributed by atoms with E-state index < -0.39 is 11.7 Å². The monoisotopic (exact) mass is 519 g/mol. The number of thiophene rings is 1. The highest BCUT2D eigenvalue weighted by Gasteiger charge is 2.18. The number of hydrogen-bond acceptors (Lipinski definition) is 6. The summed E-state index contributed by atoms with van der Waals surface area (Å²) in [5, 5.41) is 7.65. The molecule has 0 unspecified atom stereocenters. The average molecular weight is 520 g/mol. The molecule has 1 aromatic heterocycles. The van der Waals surface area contributed by atoms with Crippen molar-refractivity contribution in [1.29, 1.82) is 0 Å². The fourth-order valence-corrected chi connectivity index (χ4v) is 4.59. The van der Waals surface area contributed by atoms with E-state index in [1.165, 1.54) is 11.6 Å². The normalized spacial score (nSPS) is 14.5. The molecule has 7 nitrogen and oxygen atoms in total. The summed E-state index contributed by atoms with van der Waals surface area (Å²) in [6, 6.07) is 17.7. The second kappa shape index (κ2) is 12.2. The molecule has 1 saturated heterocycles. The zero-order valence-electron chi connectivity index (χ0n) is 21.5. The Morgan fingerprint density at radius 1 is 1.03 bits per heavy atom. The van der Waals surface area contributed by atoms with Crippen molar-refractivity contribution in [2.45, 2.75) is 32.9 Å². The van der Waals surface area contributed by atoms with Crippen LogP contribution in [-0.4, -0.2) is 48.8 Å².